The molecule has 0 radical (unpaired) electrons. The minimum Gasteiger partial charge on any atom is -0.462 e. The van der Waals surface area contributed by atoms with E-state index in [4.69, 9.17) is 4.74 Å². The molecule has 3 N–H and O–H groups in total. The lowest BCUT2D eigenvalue weighted by atomic mass is 10.0. The Kier molecular flexibility index (Phi) is 47.6. The molecule has 0 fully saturated rings. The zero-order valence-electron chi connectivity index (χ0n) is 41.0. The van der Waals surface area contributed by atoms with E-state index in [1.54, 1.807) is 0 Å². The highest BCUT2D eigenvalue weighted by atomic mass is 16.5. The molecule has 360 valence electrons. The van der Waals surface area contributed by atoms with Gasteiger partial charge in [0.1, 0.15) is 6.10 Å². The molecular weight excluding hydrogens is 767 g/mol. The van der Waals surface area contributed by atoms with Crippen molar-refractivity contribution in [2.75, 3.05) is 6.61 Å². The molecule has 0 aliphatic carbocycles. The van der Waals surface area contributed by atoms with Crippen LogP contribution in [0, 0.1) is 0 Å². The SMILES string of the molecule is CC/C=C/C/C=C/C/C=C/C/C=C/C/C=C/CCC(=O)OC(CCCCCCCCCCCCCCC)CC(=O)NC(CO)C(O)CCCCCCCCCCCCCCCC. The highest BCUT2D eigenvalue weighted by Crippen LogP contribution is 2.18. The van der Waals surface area contributed by atoms with Crippen LogP contribution < -0.4 is 5.32 Å². The third kappa shape index (κ3) is 44.2. The molecule has 0 saturated heterocycles. The van der Waals surface area contributed by atoms with Crippen LogP contribution in [0.1, 0.15) is 258 Å². The van der Waals surface area contributed by atoms with Gasteiger partial charge in [0.2, 0.25) is 5.91 Å². The Morgan fingerprint density at radius 2 is 0.839 bits per heavy atom. The Hall–Kier alpha value is -2.44. The van der Waals surface area contributed by atoms with Crippen molar-refractivity contribution in [3.63, 3.8) is 0 Å². The summed E-state index contributed by atoms with van der Waals surface area (Å²) in [7, 11) is 0. The van der Waals surface area contributed by atoms with Gasteiger partial charge in [0, 0.05) is 6.42 Å². The molecule has 6 heteroatoms. The van der Waals surface area contributed by atoms with Crippen molar-refractivity contribution in [1.82, 2.24) is 5.32 Å². The smallest absolute Gasteiger partial charge is 0.306 e. The molecule has 0 saturated carbocycles. The molecule has 62 heavy (non-hydrogen) atoms. The third-order valence-corrected chi connectivity index (χ3v) is 11.9. The lowest BCUT2D eigenvalue weighted by molar-refractivity contribution is -0.150. The summed E-state index contributed by atoms with van der Waals surface area (Å²) in [5.74, 6) is -0.566. The van der Waals surface area contributed by atoms with E-state index >= 15 is 0 Å². The van der Waals surface area contributed by atoms with Crippen LogP contribution in [0.5, 0.6) is 0 Å². The van der Waals surface area contributed by atoms with Crippen molar-refractivity contribution < 1.29 is 24.5 Å². The number of nitrogens with one attached hydrogen (secondary N) is 1. The predicted octanol–water partition coefficient (Wildman–Crippen LogP) is 16.0. The first-order valence-electron chi connectivity index (χ1n) is 26.5. The summed E-state index contributed by atoms with van der Waals surface area (Å²) in [4.78, 5) is 26.1. The van der Waals surface area contributed by atoms with Crippen LogP contribution in [0.4, 0.5) is 0 Å². The first-order valence-corrected chi connectivity index (χ1v) is 26.5. The molecule has 0 aromatic carbocycles. The molecule has 0 heterocycles. The molecule has 0 aromatic heterocycles. The minimum absolute atomic E-state index is 0.0493. The van der Waals surface area contributed by atoms with Gasteiger partial charge in [0.25, 0.3) is 0 Å². The van der Waals surface area contributed by atoms with E-state index in [-0.39, 0.29) is 31.3 Å². The first-order chi connectivity index (χ1) is 30.5. The number of amides is 1. The van der Waals surface area contributed by atoms with Gasteiger partial charge in [-0.25, -0.2) is 0 Å². The molecule has 0 spiro atoms. The van der Waals surface area contributed by atoms with E-state index in [1.165, 1.54) is 135 Å². The second kappa shape index (κ2) is 49.6. The number of carbonyl (C=O) groups is 2. The van der Waals surface area contributed by atoms with Gasteiger partial charge in [-0.3, -0.25) is 9.59 Å². The highest BCUT2D eigenvalue weighted by molar-refractivity contribution is 5.77. The monoisotopic (exact) mass is 868 g/mol. The largest absolute Gasteiger partial charge is 0.462 e. The number of allylic oxidation sites excluding steroid dienone is 10. The lowest BCUT2D eigenvalue weighted by Crippen LogP contribution is -2.46. The average molecular weight is 868 g/mol. The minimum atomic E-state index is -0.799. The number of hydrogen-bond acceptors (Lipinski definition) is 5. The number of aliphatic hydroxyl groups excluding tert-OH is 2. The molecule has 0 aromatic rings. The van der Waals surface area contributed by atoms with Gasteiger partial charge in [-0.15, -0.1) is 0 Å². The van der Waals surface area contributed by atoms with Crippen molar-refractivity contribution in [2.45, 2.75) is 277 Å². The standard InChI is InChI=1S/C56H101NO5/c1-4-7-10-13-16-19-22-25-27-28-31-34-37-40-43-46-49-56(61)62-52(47-44-41-38-35-32-29-24-21-18-15-12-9-6-3)50-55(60)57-53(51-58)54(59)48-45-42-39-36-33-30-26-23-20-17-14-11-8-5-2/h7,10,16,19,25,27,31,34,40,43,52-54,58-59H,4-6,8-9,11-15,17-18,20-24,26,28-30,32-33,35-39,41-42,44-51H2,1-3H3,(H,57,60)/b10-7+,19-16+,27-25+,34-31+,43-40+. The summed E-state index contributed by atoms with van der Waals surface area (Å²) in [6.07, 6.45) is 61.4. The van der Waals surface area contributed by atoms with Gasteiger partial charge in [0.15, 0.2) is 0 Å². The maximum absolute atomic E-state index is 13.2. The van der Waals surface area contributed by atoms with E-state index in [1.807, 2.05) is 6.08 Å². The fraction of sp³-hybridized carbons (Fsp3) is 0.786. The van der Waals surface area contributed by atoms with Gasteiger partial charge in [0.05, 0.1) is 25.2 Å². The molecule has 6 nitrogen and oxygen atoms in total. The number of unbranched alkanes of at least 4 members (excludes halogenated alkanes) is 25. The molecule has 0 rings (SSSR count). The normalized spacial score (nSPS) is 13.7. The Bertz CT molecular complexity index is 1110. The van der Waals surface area contributed by atoms with E-state index < -0.39 is 18.2 Å². The molecule has 1 amide bonds. The predicted molar refractivity (Wildman–Crippen MR) is 268 cm³/mol. The average Bonchev–Trinajstić information content (AvgIpc) is 3.26. The number of ether oxygens (including phenoxy) is 1. The topological polar surface area (TPSA) is 95.9 Å². The van der Waals surface area contributed by atoms with Crippen molar-refractivity contribution in [3.05, 3.63) is 60.8 Å². The molecule has 3 unspecified atom stereocenters. The van der Waals surface area contributed by atoms with Crippen LogP contribution in [0.15, 0.2) is 60.8 Å². The van der Waals surface area contributed by atoms with Crippen molar-refractivity contribution in [2.24, 2.45) is 0 Å². The second-order valence-corrected chi connectivity index (χ2v) is 17.9. The summed E-state index contributed by atoms with van der Waals surface area (Å²) in [6.45, 7) is 6.37. The Labute approximate surface area is 384 Å². The fourth-order valence-electron chi connectivity index (χ4n) is 7.89. The highest BCUT2D eigenvalue weighted by Gasteiger charge is 2.24. The molecule has 3 atom stereocenters. The quantitative estimate of drug-likeness (QED) is 0.0322. The molecule has 0 bridgehead atoms. The Morgan fingerprint density at radius 3 is 1.23 bits per heavy atom. The molecular formula is C56H101NO5. The van der Waals surface area contributed by atoms with Crippen molar-refractivity contribution in [1.29, 1.82) is 0 Å². The summed E-state index contributed by atoms with van der Waals surface area (Å²) in [6, 6.07) is -0.715. The van der Waals surface area contributed by atoms with E-state index in [0.717, 1.165) is 70.6 Å². The van der Waals surface area contributed by atoms with Crippen molar-refractivity contribution >= 4 is 11.9 Å². The lowest BCUT2D eigenvalue weighted by Gasteiger charge is -2.24. The maximum atomic E-state index is 13.2. The molecule has 0 aliphatic heterocycles. The number of hydrogen-bond donors (Lipinski definition) is 3. The van der Waals surface area contributed by atoms with Gasteiger partial charge in [-0.1, -0.05) is 248 Å². The Morgan fingerprint density at radius 1 is 0.484 bits per heavy atom. The zero-order chi connectivity index (χ0) is 45.2. The molecule has 0 aliphatic rings. The van der Waals surface area contributed by atoms with E-state index in [0.29, 0.717) is 19.3 Å². The number of esters is 1. The maximum Gasteiger partial charge on any atom is 0.306 e. The number of aliphatic hydroxyl groups is 2. The van der Waals surface area contributed by atoms with Gasteiger partial charge in [-0.2, -0.15) is 0 Å². The van der Waals surface area contributed by atoms with Crippen molar-refractivity contribution in [3.8, 4) is 0 Å². The van der Waals surface area contributed by atoms with Crippen LogP contribution in [0.2, 0.25) is 0 Å². The van der Waals surface area contributed by atoms with E-state index in [2.05, 4.69) is 80.8 Å². The van der Waals surface area contributed by atoms with Crippen LogP contribution in [0.25, 0.3) is 0 Å². The Balaban J connectivity index is 4.65. The second-order valence-electron chi connectivity index (χ2n) is 17.9. The third-order valence-electron chi connectivity index (χ3n) is 11.9. The van der Waals surface area contributed by atoms with Crippen LogP contribution >= 0.6 is 0 Å². The van der Waals surface area contributed by atoms with Crippen LogP contribution in [-0.4, -0.2) is 46.9 Å². The van der Waals surface area contributed by atoms with Crippen LogP contribution in [-0.2, 0) is 14.3 Å². The fourth-order valence-corrected chi connectivity index (χ4v) is 7.89. The summed E-state index contributed by atoms with van der Waals surface area (Å²) in [5.41, 5.74) is 0. The van der Waals surface area contributed by atoms with Gasteiger partial charge >= 0.3 is 5.97 Å². The summed E-state index contributed by atoms with van der Waals surface area (Å²) < 4.78 is 5.90. The van der Waals surface area contributed by atoms with Gasteiger partial charge in [-0.05, 0) is 57.8 Å². The van der Waals surface area contributed by atoms with E-state index in [9.17, 15) is 19.8 Å². The number of rotatable bonds is 47. The number of carbonyl (C=O) groups excluding carboxylic acids is 2. The van der Waals surface area contributed by atoms with Crippen LogP contribution in [0.3, 0.4) is 0 Å². The zero-order valence-corrected chi connectivity index (χ0v) is 41.0. The summed E-state index contributed by atoms with van der Waals surface area (Å²) in [5, 5.41) is 23.8. The first kappa shape index (κ1) is 59.6. The van der Waals surface area contributed by atoms with Gasteiger partial charge < -0.3 is 20.3 Å². The summed E-state index contributed by atoms with van der Waals surface area (Å²) >= 11 is 0.